The number of carbonyl (C=O) groups excluding carboxylic acids is 1. The number of thiophene rings is 1. The maximum absolute atomic E-state index is 12.5. The first-order valence-corrected chi connectivity index (χ1v) is 9.82. The van der Waals surface area contributed by atoms with Gasteiger partial charge in [0.05, 0.1) is 10.6 Å². The first kappa shape index (κ1) is 18.5. The van der Waals surface area contributed by atoms with E-state index in [0.717, 1.165) is 11.4 Å². The van der Waals surface area contributed by atoms with Crippen LogP contribution in [-0.4, -0.2) is 34.8 Å². The lowest BCUT2D eigenvalue weighted by atomic mass is 10.2. The molecular weight excluding hydrogens is 368 g/mol. The first-order chi connectivity index (χ1) is 12.4. The van der Waals surface area contributed by atoms with Gasteiger partial charge < -0.3 is 10.2 Å². The topological polar surface area (TPSA) is 67.2 Å². The molecule has 1 amide bonds. The summed E-state index contributed by atoms with van der Waals surface area (Å²) in [7, 11) is 5.61. The molecule has 0 bridgehead atoms. The highest BCUT2D eigenvalue weighted by molar-refractivity contribution is 8.00. The highest BCUT2D eigenvalue weighted by Crippen LogP contribution is 2.25. The third-order valence-electron chi connectivity index (χ3n) is 3.97. The molecule has 6 nitrogen and oxygen atoms in total. The third-order valence-corrected chi connectivity index (χ3v) is 5.92. The molecule has 0 fully saturated rings. The molecule has 0 saturated carbocycles. The van der Waals surface area contributed by atoms with Gasteiger partial charge >= 0.3 is 0 Å². The molecule has 136 valence electrons. The largest absolute Gasteiger partial charge is 0.378 e. The standard InChI is InChI=1S/C18H20N4O2S2/c1-11(15(23)19-12-5-7-13(8-6-12)21(2)3)26-18-20-16-14(9-10-25-16)17(24)22(18)4/h5-11H,1-4H3,(H,19,23)/t11-/m0/s1. The SMILES string of the molecule is C[C@H](Sc1nc2sccc2c(=O)n1C)C(=O)Nc1ccc(N(C)C)cc1. The number of hydrogen-bond acceptors (Lipinski definition) is 6. The van der Waals surface area contributed by atoms with E-state index in [1.54, 1.807) is 20.0 Å². The summed E-state index contributed by atoms with van der Waals surface area (Å²) in [5.41, 5.74) is 1.71. The molecule has 0 aliphatic rings. The highest BCUT2D eigenvalue weighted by Gasteiger charge is 2.18. The predicted molar refractivity (Wildman–Crippen MR) is 110 cm³/mol. The zero-order valence-corrected chi connectivity index (χ0v) is 16.6. The van der Waals surface area contributed by atoms with Gasteiger partial charge in [0, 0.05) is 32.5 Å². The van der Waals surface area contributed by atoms with Gasteiger partial charge in [0.1, 0.15) is 4.83 Å². The minimum Gasteiger partial charge on any atom is -0.378 e. The van der Waals surface area contributed by atoms with E-state index >= 15 is 0 Å². The summed E-state index contributed by atoms with van der Waals surface area (Å²) in [6, 6.07) is 9.41. The maximum Gasteiger partial charge on any atom is 0.262 e. The molecule has 0 unspecified atom stereocenters. The van der Waals surface area contributed by atoms with Crippen molar-refractivity contribution in [3.05, 3.63) is 46.1 Å². The summed E-state index contributed by atoms with van der Waals surface area (Å²) in [5, 5.41) is 5.51. The van der Waals surface area contributed by atoms with Crippen LogP contribution in [0, 0.1) is 0 Å². The van der Waals surface area contributed by atoms with Crippen molar-refractivity contribution in [1.82, 2.24) is 9.55 Å². The van der Waals surface area contributed by atoms with Crippen molar-refractivity contribution in [2.45, 2.75) is 17.3 Å². The fraction of sp³-hybridized carbons (Fsp3) is 0.278. The molecule has 0 aliphatic heterocycles. The Hall–Kier alpha value is -2.32. The summed E-state index contributed by atoms with van der Waals surface area (Å²) >= 11 is 2.70. The molecule has 0 saturated heterocycles. The summed E-state index contributed by atoms with van der Waals surface area (Å²) < 4.78 is 1.50. The Labute approximate surface area is 159 Å². The number of anilines is 2. The Morgan fingerprint density at radius 3 is 2.62 bits per heavy atom. The molecule has 0 radical (unpaired) electrons. The smallest absolute Gasteiger partial charge is 0.262 e. The van der Waals surface area contributed by atoms with Gasteiger partial charge in [-0.2, -0.15) is 0 Å². The van der Waals surface area contributed by atoms with Gasteiger partial charge in [-0.25, -0.2) is 4.98 Å². The van der Waals surface area contributed by atoms with E-state index in [0.29, 0.717) is 15.4 Å². The number of thioether (sulfide) groups is 1. The van der Waals surface area contributed by atoms with Crippen molar-refractivity contribution in [2.75, 3.05) is 24.3 Å². The lowest BCUT2D eigenvalue weighted by molar-refractivity contribution is -0.115. The van der Waals surface area contributed by atoms with Crippen LogP contribution in [0.2, 0.25) is 0 Å². The molecule has 1 atom stereocenters. The molecule has 26 heavy (non-hydrogen) atoms. The number of fused-ring (bicyclic) bond motifs is 1. The number of rotatable bonds is 5. The van der Waals surface area contributed by atoms with Gasteiger partial charge in [-0.05, 0) is 42.6 Å². The molecule has 8 heteroatoms. The van der Waals surface area contributed by atoms with Crippen LogP contribution in [0.1, 0.15) is 6.92 Å². The predicted octanol–water partition coefficient (Wildman–Crippen LogP) is 3.18. The van der Waals surface area contributed by atoms with Crippen LogP contribution in [0.4, 0.5) is 11.4 Å². The van der Waals surface area contributed by atoms with Crippen LogP contribution in [0.15, 0.2) is 45.7 Å². The Kier molecular flexibility index (Phi) is 5.33. The molecule has 1 aromatic carbocycles. The number of nitrogens with zero attached hydrogens (tertiary/aromatic N) is 3. The molecule has 3 rings (SSSR count). The zero-order valence-electron chi connectivity index (χ0n) is 15.0. The van der Waals surface area contributed by atoms with Crippen LogP contribution >= 0.6 is 23.1 Å². The molecule has 2 heterocycles. The van der Waals surface area contributed by atoms with E-state index in [9.17, 15) is 9.59 Å². The van der Waals surface area contributed by atoms with Crippen molar-refractivity contribution in [2.24, 2.45) is 7.05 Å². The fourth-order valence-corrected chi connectivity index (χ4v) is 4.06. The molecule has 2 aromatic heterocycles. The van der Waals surface area contributed by atoms with Crippen molar-refractivity contribution in [3.63, 3.8) is 0 Å². The number of aromatic nitrogens is 2. The second-order valence-corrected chi connectivity index (χ2v) is 8.29. The molecule has 1 N–H and O–H groups in total. The number of benzene rings is 1. The van der Waals surface area contributed by atoms with Crippen molar-refractivity contribution < 1.29 is 4.79 Å². The minimum absolute atomic E-state index is 0.0920. The van der Waals surface area contributed by atoms with E-state index in [2.05, 4.69) is 10.3 Å². The zero-order chi connectivity index (χ0) is 18.8. The number of carbonyl (C=O) groups is 1. The quantitative estimate of drug-likeness (QED) is 0.537. The second kappa shape index (κ2) is 7.51. The van der Waals surface area contributed by atoms with Gasteiger partial charge in [-0.1, -0.05) is 11.8 Å². The van der Waals surface area contributed by atoms with Gasteiger partial charge in [-0.3, -0.25) is 14.2 Å². The molecule has 0 aliphatic carbocycles. The van der Waals surface area contributed by atoms with Gasteiger partial charge in [0.25, 0.3) is 5.56 Å². The van der Waals surface area contributed by atoms with E-state index in [-0.39, 0.29) is 16.7 Å². The lowest BCUT2D eigenvalue weighted by Crippen LogP contribution is -2.25. The monoisotopic (exact) mass is 388 g/mol. The van der Waals surface area contributed by atoms with Gasteiger partial charge in [0.15, 0.2) is 5.16 Å². The summed E-state index contributed by atoms with van der Waals surface area (Å²) in [6.45, 7) is 1.80. The molecular formula is C18H20N4O2S2. The van der Waals surface area contributed by atoms with E-state index < -0.39 is 0 Å². The van der Waals surface area contributed by atoms with Crippen LogP contribution in [0.3, 0.4) is 0 Å². The normalized spacial score (nSPS) is 12.2. The fourth-order valence-electron chi connectivity index (χ4n) is 2.38. The first-order valence-electron chi connectivity index (χ1n) is 8.06. The Morgan fingerprint density at radius 1 is 1.27 bits per heavy atom. The minimum atomic E-state index is -0.390. The summed E-state index contributed by atoms with van der Waals surface area (Å²) in [6.07, 6.45) is 0. The maximum atomic E-state index is 12.5. The highest BCUT2D eigenvalue weighted by atomic mass is 32.2. The van der Waals surface area contributed by atoms with E-state index in [1.165, 1.54) is 27.7 Å². The van der Waals surface area contributed by atoms with Gasteiger partial charge in [0.2, 0.25) is 5.91 Å². The number of nitrogens with one attached hydrogen (secondary N) is 1. The van der Waals surface area contributed by atoms with Crippen LogP contribution in [0.25, 0.3) is 10.2 Å². The van der Waals surface area contributed by atoms with Gasteiger partial charge in [-0.15, -0.1) is 11.3 Å². The number of hydrogen-bond donors (Lipinski definition) is 1. The van der Waals surface area contributed by atoms with E-state index in [1.807, 2.05) is 48.6 Å². The second-order valence-electron chi connectivity index (χ2n) is 6.09. The van der Waals surface area contributed by atoms with Crippen molar-refractivity contribution in [3.8, 4) is 0 Å². The van der Waals surface area contributed by atoms with Crippen LogP contribution in [0.5, 0.6) is 0 Å². The van der Waals surface area contributed by atoms with Crippen LogP contribution < -0.4 is 15.8 Å². The molecule has 3 aromatic rings. The third kappa shape index (κ3) is 3.76. The number of amides is 1. The lowest BCUT2D eigenvalue weighted by Gasteiger charge is -2.15. The summed E-state index contributed by atoms with van der Waals surface area (Å²) in [4.78, 5) is 32.1. The average molecular weight is 389 g/mol. The Bertz CT molecular complexity index is 993. The average Bonchev–Trinajstić information content (AvgIpc) is 3.08. The Morgan fingerprint density at radius 2 is 1.96 bits per heavy atom. The van der Waals surface area contributed by atoms with Crippen LogP contribution in [-0.2, 0) is 11.8 Å². The summed E-state index contributed by atoms with van der Waals surface area (Å²) in [5.74, 6) is -0.131. The van der Waals surface area contributed by atoms with Crippen molar-refractivity contribution in [1.29, 1.82) is 0 Å². The molecule has 0 spiro atoms. The van der Waals surface area contributed by atoms with E-state index in [4.69, 9.17) is 0 Å². The van der Waals surface area contributed by atoms with Crippen molar-refractivity contribution >= 4 is 50.6 Å². The Balaban J connectivity index is 1.73.